The van der Waals surface area contributed by atoms with Gasteiger partial charge in [0.1, 0.15) is 11.5 Å². The summed E-state index contributed by atoms with van der Waals surface area (Å²) >= 11 is 5.39. The van der Waals surface area contributed by atoms with E-state index >= 15 is 0 Å². The smallest absolute Gasteiger partial charge is 0.132 e. The first kappa shape index (κ1) is 11.7. The summed E-state index contributed by atoms with van der Waals surface area (Å²) in [6, 6.07) is 1.63. The molecule has 2 nitrogen and oxygen atoms in total. The molecule has 1 aromatic rings. The molecule has 0 aromatic carbocycles. The molecule has 0 radical (unpaired) electrons. The van der Waals surface area contributed by atoms with Crippen molar-refractivity contribution in [2.24, 2.45) is 0 Å². The molecule has 0 unspecified atom stereocenters. The highest BCUT2D eigenvalue weighted by atomic mass is 35.5. The molecule has 9 heavy (non-hydrogen) atoms. The number of aromatic nitrogens is 2. The molecule has 0 fully saturated rings. The van der Waals surface area contributed by atoms with Gasteiger partial charge >= 0.3 is 0 Å². The van der Waals surface area contributed by atoms with Gasteiger partial charge in [-0.25, -0.2) is 9.97 Å². The summed E-state index contributed by atoms with van der Waals surface area (Å²) in [5, 5.41) is 0.481. The highest BCUT2D eigenvalue weighted by Crippen LogP contribution is 1.96. The van der Waals surface area contributed by atoms with Crippen molar-refractivity contribution in [1.29, 1.82) is 0 Å². The number of nitrogens with zero attached hydrogens (tertiary/aromatic N) is 2. The molecule has 0 aliphatic rings. The van der Waals surface area contributed by atoms with E-state index in [0.717, 1.165) is 0 Å². The van der Waals surface area contributed by atoms with Crippen molar-refractivity contribution < 1.29 is 0 Å². The van der Waals surface area contributed by atoms with Crippen molar-refractivity contribution in [1.82, 2.24) is 9.97 Å². The van der Waals surface area contributed by atoms with Crippen LogP contribution in [0.4, 0.5) is 0 Å². The highest BCUT2D eigenvalue weighted by molar-refractivity contribution is 6.29. The van der Waals surface area contributed by atoms with Crippen molar-refractivity contribution in [2.45, 2.75) is 0 Å². The average molecular weight is 187 g/mol. The Morgan fingerprint density at radius 1 is 1.33 bits per heavy atom. The van der Waals surface area contributed by atoms with E-state index in [1.807, 2.05) is 0 Å². The zero-order valence-electron chi connectivity index (χ0n) is 4.32. The van der Waals surface area contributed by atoms with Crippen LogP contribution >= 0.6 is 36.4 Å². The minimum Gasteiger partial charge on any atom is -0.245 e. The molecule has 0 saturated carbocycles. The normalized spacial score (nSPS) is 6.78. The van der Waals surface area contributed by atoms with Gasteiger partial charge in [-0.1, -0.05) is 11.6 Å². The van der Waals surface area contributed by atoms with Crippen molar-refractivity contribution in [3.63, 3.8) is 0 Å². The molecule has 0 aliphatic heterocycles. The molecule has 0 atom stereocenters. The minimum atomic E-state index is 0. The molecule has 0 amide bonds. The van der Waals surface area contributed by atoms with Crippen LogP contribution in [0.1, 0.15) is 0 Å². The lowest BCUT2D eigenvalue weighted by Gasteiger charge is -1.79. The zero-order chi connectivity index (χ0) is 5.11. The first-order valence-corrected chi connectivity index (χ1v) is 2.19. The topological polar surface area (TPSA) is 25.8 Å². The van der Waals surface area contributed by atoms with Gasteiger partial charge in [-0.05, 0) is 6.07 Å². The molecule has 0 N–H and O–H groups in total. The fraction of sp³-hybridized carbons (Fsp3) is 0. The largest absolute Gasteiger partial charge is 0.245 e. The van der Waals surface area contributed by atoms with E-state index in [1.54, 1.807) is 12.3 Å². The molecule has 1 heterocycles. The monoisotopic (exact) mass is 186 g/mol. The lowest BCUT2D eigenvalue weighted by Crippen LogP contribution is -1.72. The van der Waals surface area contributed by atoms with Crippen LogP contribution in [0.3, 0.4) is 0 Å². The van der Waals surface area contributed by atoms with Crippen LogP contribution < -0.4 is 0 Å². The molecule has 0 spiro atoms. The molecule has 0 aliphatic carbocycles. The highest BCUT2D eigenvalue weighted by Gasteiger charge is 1.77. The van der Waals surface area contributed by atoms with Gasteiger partial charge in [0, 0.05) is 6.20 Å². The fourth-order valence-corrected chi connectivity index (χ4v) is 0.375. The first-order valence-electron chi connectivity index (χ1n) is 1.81. The Morgan fingerprint density at radius 3 is 2.22 bits per heavy atom. The zero-order valence-corrected chi connectivity index (χ0v) is 6.71. The predicted octanol–water partition coefficient (Wildman–Crippen LogP) is 1.97. The first-order chi connectivity index (χ1) is 3.39. The van der Waals surface area contributed by atoms with Crippen molar-refractivity contribution in [3.8, 4) is 0 Å². The molecular formula is C4H5Cl3N2. The summed E-state index contributed by atoms with van der Waals surface area (Å²) in [4.78, 5) is 7.28. The molecular weight excluding hydrogens is 182 g/mol. The van der Waals surface area contributed by atoms with Gasteiger partial charge in [-0.15, -0.1) is 24.8 Å². The lowest BCUT2D eigenvalue weighted by atomic mass is 10.7. The third-order valence-corrected chi connectivity index (χ3v) is 0.769. The second kappa shape index (κ2) is 6.08. The Labute approximate surface area is 70.5 Å². The second-order valence-electron chi connectivity index (χ2n) is 1.03. The van der Waals surface area contributed by atoms with Gasteiger partial charge in [-0.2, -0.15) is 0 Å². The third kappa shape index (κ3) is 4.45. The van der Waals surface area contributed by atoms with E-state index in [-0.39, 0.29) is 24.8 Å². The lowest BCUT2D eigenvalue weighted by molar-refractivity contribution is 1.17. The van der Waals surface area contributed by atoms with Crippen LogP contribution in [-0.4, -0.2) is 9.97 Å². The Balaban J connectivity index is 0. The summed E-state index contributed by atoms with van der Waals surface area (Å²) in [6.45, 7) is 0. The Kier molecular flexibility index (Phi) is 7.91. The Bertz CT molecular complexity index is 144. The van der Waals surface area contributed by atoms with E-state index < -0.39 is 0 Å². The summed E-state index contributed by atoms with van der Waals surface area (Å²) < 4.78 is 0. The number of hydrogen-bond donors (Lipinski definition) is 0. The van der Waals surface area contributed by atoms with E-state index in [0.29, 0.717) is 5.15 Å². The van der Waals surface area contributed by atoms with E-state index in [9.17, 15) is 0 Å². The summed E-state index contributed by atoms with van der Waals surface area (Å²) in [5.41, 5.74) is 0. The quantitative estimate of drug-likeness (QED) is 0.581. The van der Waals surface area contributed by atoms with Crippen LogP contribution in [0.2, 0.25) is 5.15 Å². The maximum Gasteiger partial charge on any atom is 0.132 e. The van der Waals surface area contributed by atoms with Crippen LogP contribution in [0.15, 0.2) is 18.6 Å². The summed E-state index contributed by atoms with van der Waals surface area (Å²) in [6.07, 6.45) is 3.00. The number of rotatable bonds is 0. The molecule has 0 saturated heterocycles. The van der Waals surface area contributed by atoms with Crippen molar-refractivity contribution in [2.75, 3.05) is 0 Å². The van der Waals surface area contributed by atoms with Crippen LogP contribution in [0.5, 0.6) is 0 Å². The predicted molar refractivity (Wildman–Crippen MR) is 41.5 cm³/mol. The SMILES string of the molecule is Cl.Cl.Clc1ccncn1. The van der Waals surface area contributed by atoms with Crippen LogP contribution in [0.25, 0.3) is 0 Å². The van der Waals surface area contributed by atoms with Crippen LogP contribution in [0, 0.1) is 0 Å². The maximum atomic E-state index is 5.39. The van der Waals surface area contributed by atoms with Gasteiger partial charge < -0.3 is 0 Å². The fourth-order valence-electron chi connectivity index (χ4n) is 0.275. The standard InChI is InChI=1S/C4H3ClN2.2ClH/c5-4-1-2-6-3-7-4;;/h1-3H;2*1H. The number of halogens is 3. The second-order valence-corrected chi connectivity index (χ2v) is 1.42. The van der Waals surface area contributed by atoms with E-state index in [4.69, 9.17) is 11.6 Å². The van der Waals surface area contributed by atoms with Gasteiger partial charge in [0.05, 0.1) is 0 Å². The molecule has 52 valence electrons. The van der Waals surface area contributed by atoms with Gasteiger partial charge in [0.15, 0.2) is 0 Å². The number of hydrogen-bond acceptors (Lipinski definition) is 2. The third-order valence-electron chi connectivity index (χ3n) is 0.546. The molecule has 1 aromatic heterocycles. The summed E-state index contributed by atoms with van der Waals surface area (Å²) in [7, 11) is 0. The van der Waals surface area contributed by atoms with Gasteiger partial charge in [0.2, 0.25) is 0 Å². The van der Waals surface area contributed by atoms with Crippen LogP contribution in [-0.2, 0) is 0 Å². The average Bonchev–Trinajstić information content (AvgIpc) is 1.69. The van der Waals surface area contributed by atoms with E-state index in [1.165, 1.54) is 6.33 Å². The summed E-state index contributed by atoms with van der Waals surface area (Å²) in [5.74, 6) is 0. The molecule has 0 bridgehead atoms. The van der Waals surface area contributed by atoms with Gasteiger partial charge in [0.25, 0.3) is 0 Å². The Hall–Kier alpha value is -0.0500. The maximum absolute atomic E-state index is 5.39. The molecule has 5 heteroatoms. The Morgan fingerprint density at radius 2 is 2.00 bits per heavy atom. The minimum absolute atomic E-state index is 0. The van der Waals surface area contributed by atoms with Gasteiger partial charge in [-0.3, -0.25) is 0 Å². The van der Waals surface area contributed by atoms with Crippen molar-refractivity contribution in [3.05, 3.63) is 23.7 Å². The van der Waals surface area contributed by atoms with Crippen molar-refractivity contribution >= 4 is 36.4 Å². The molecule has 1 rings (SSSR count). The van der Waals surface area contributed by atoms with E-state index in [2.05, 4.69) is 9.97 Å².